The van der Waals surface area contributed by atoms with Gasteiger partial charge in [0.2, 0.25) is 0 Å². The van der Waals surface area contributed by atoms with E-state index >= 15 is 0 Å². The van der Waals surface area contributed by atoms with Gasteiger partial charge >= 0.3 is 0 Å². The van der Waals surface area contributed by atoms with Gasteiger partial charge in [0.05, 0.1) is 0 Å². The fraction of sp³-hybridized carbons (Fsp3) is 0.480. The van der Waals surface area contributed by atoms with Crippen molar-refractivity contribution in [2.24, 2.45) is 0 Å². The zero-order chi connectivity index (χ0) is 70.8. The Hall–Kier alpha value is -5.80. The molecule has 0 bridgehead atoms. The standard InChI is InChI=1S/C100H128Br2/c1-5-9-13-17-21-25-29-33-37-45-65-81-69-87-89(71-83(81)67-47-39-35-31-27-23-19-15-11-7-3)99(79-61-53-43-54-62-79)93-75-95(101)85(73-91(93)97(87)77-57-49-41-50-58-77)86-74-92-94(76-96(86)102)100(80-63-55-44-56-64-80)90-72-84(68-48-40-36-32-28-24-20-16-12-8-4)82(66-46-38-34-30-26-22-18-14-10-6-2)70-88(90)98(92)78-59-51-42-52-60-78/h41-44,49-64,69-76H,5-40,45-48,65-68H2,1-4H3. The number of unbranched alkanes of at least 4 members (excludes halogenated alkanes) is 36. The second-order valence-corrected chi connectivity index (χ2v) is 32.5. The summed E-state index contributed by atoms with van der Waals surface area (Å²) >= 11 is 8.85. The maximum absolute atomic E-state index is 4.43. The molecule has 10 aromatic rings. The van der Waals surface area contributed by atoms with Gasteiger partial charge in [-0.15, -0.1) is 0 Å². The molecule has 2 heteroatoms. The highest BCUT2D eigenvalue weighted by Gasteiger charge is 2.25. The molecule has 0 radical (unpaired) electrons. The fourth-order valence-corrected chi connectivity index (χ4v) is 18.1. The largest absolute Gasteiger partial charge is 0.0654 e. The minimum atomic E-state index is 1.11. The minimum absolute atomic E-state index is 1.11. The summed E-state index contributed by atoms with van der Waals surface area (Å²) in [5, 5.41) is 10.7. The molecule has 0 nitrogen and oxygen atoms in total. The highest BCUT2D eigenvalue weighted by Crippen LogP contribution is 2.52. The van der Waals surface area contributed by atoms with Gasteiger partial charge in [-0.25, -0.2) is 0 Å². The van der Waals surface area contributed by atoms with Crippen LogP contribution in [0, 0.1) is 0 Å². The number of hydrogen-bond acceptors (Lipinski definition) is 0. The number of hydrogen-bond donors (Lipinski definition) is 0. The number of fused-ring (bicyclic) bond motifs is 4. The van der Waals surface area contributed by atoms with E-state index in [4.69, 9.17) is 0 Å². The summed E-state index contributed by atoms with van der Waals surface area (Å²) in [6.07, 6.45) is 58.7. The summed E-state index contributed by atoms with van der Waals surface area (Å²) in [6, 6.07) is 66.6. The molecule has 0 N–H and O–H groups in total. The Kier molecular flexibility index (Phi) is 34.2. The molecule has 0 fully saturated rings. The minimum Gasteiger partial charge on any atom is -0.0654 e. The van der Waals surface area contributed by atoms with E-state index in [1.54, 1.807) is 22.3 Å². The number of rotatable bonds is 49. The van der Waals surface area contributed by atoms with Gasteiger partial charge in [-0.1, -0.05) is 436 Å². The van der Waals surface area contributed by atoms with E-state index in [2.05, 4.69) is 229 Å². The van der Waals surface area contributed by atoms with Crippen LogP contribution in [-0.2, 0) is 25.7 Å². The molecule has 0 aromatic heterocycles. The lowest BCUT2D eigenvalue weighted by Crippen LogP contribution is -2.00. The molecule has 0 aliphatic heterocycles. The predicted molar refractivity (Wildman–Crippen MR) is 461 cm³/mol. The predicted octanol–water partition coefficient (Wildman–Crippen LogP) is 34.0. The van der Waals surface area contributed by atoms with Crippen LogP contribution in [0.4, 0.5) is 0 Å². The number of halogens is 2. The lowest BCUT2D eigenvalue weighted by atomic mass is 9.81. The zero-order valence-corrected chi connectivity index (χ0v) is 67.2. The van der Waals surface area contributed by atoms with E-state index in [1.165, 1.54) is 356 Å². The van der Waals surface area contributed by atoms with Gasteiger partial charge in [-0.3, -0.25) is 0 Å². The molecule has 0 saturated carbocycles. The van der Waals surface area contributed by atoms with Gasteiger partial charge < -0.3 is 0 Å². The highest BCUT2D eigenvalue weighted by atomic mass is 79.9. The van der Waals surface area contributed by atoms with Crippen molar-refractivity contribution in [1.82, 2.24) is 0 Å². The molecule has 0 aliphatic rings. The summed E-state index contributed by atoms with van der Waals surface area (Å²) in [6.45, 7) is 9.31. The third kappa shape index (κ3) is 22.6. The average Bonchev–Trinajstić information content (AvgIpc) is 0.723. The van der Waals surface area contributed by atoms with Crippen LogP contribution in [0.25, 0.3) is 98.7 Å². The quantitative estimate of drug-likeness (QED) is 0.0263. The molecule has 0 atom stereocenters. The Morgan fingerprint density at radius 2 is 0.353 bits per heavy atom. The van der Waals surface area contributed by atoms with Crippen molar-refractivity contribution in [2.75, 3.05) is 0 Å². The van der Waals surface area contributed by atoms with Crippen LogP contribution in [0.15, 0.2) is 179 Å². The summed E-state index contributed by atoms with van der Waals surface area (Å²) < 4.78 is 2.21. The summed E-state index contributed by atoms with van der Waals surface area (Å²) in [4.78, 5) is 0. The lowest BCUT2D eigenvalue weighted by molar-refractivity contribution is 0.553. The van der Waals surface area contributed by atoms with Gasteiger partial charge in [0.1, 0.15) is 0 Å². The molecule has 0 heterocycles. The molecule has 102 heavy (non-hydrogen) atoms. The van der Waals surface area contributed by atoms with Crippen molar-refractivity contribution in [2.45, 2.75) is 310 Å². The Labute approximate surface area is 637 Å². The van der Waals surface area contributed by atoms with Crippen LogP contribution >= 0.6 is 31.9 Å². The summed E-state index contributed by atoms with van der Waals surface area (Å²) in [5.41, 5.74) is 19.1. The Balaban J connectivity index is 1.11. The molecular formula is C100H128Br2. The zero-order valence-electron chi connectivity index (χ0n) is 64.0. The summed E-state index contributed by atoms with van der Waals surface area (Å²) in [5.74, 6) is 0. The third-order valence-electron chi connectivity index (χ3n) is 22.8. The fourth-order valence-electron chi connectivity index (χ4n) is 17.0. The second kappa shape index (κ2) is 44.2. The first kappa shape index (κ1) is 78.8. The topological polar surface area (TPSA) is 0 Å². The highest BCUT2D eigenvalue weighted by molar-refractivity contribution is 9.11. The molecule has 0 unspecified atom stereocenters. The SMILES string of the molecule is CCCCCCCCCCCCc1cc2c(-c3ccccc3)c3cc(Br)c(-c4cc5c(-c6ccccc6)c6cc(CCCCCCCCCCCC)c(CCCCCCCCCCCC)cc6c(-c6ccccc6)c5cc4Br)cc3c(-c3ccccc3)c2cc1CCCCCCCCCCCC. The Bertz CT molecular complexity index is 3800. The van der Waals surface area contributed by atoms with E-state index in [0.29, 0.717) is 0 Å². The van der Waals surface area contributed by atoms with Gasteiger partial charge in [0.15, 0.2) is 0 Å². The van der Waals surface area contributed by atoms with Crippen molar-refractivity contribution in [1.29, 1.82) is 0 Å². The molecule has 10 aromatic carbocycles. The number of benzene rings is 10. The summed E-state index contributed by atoms with van der Waals surface area (Å²) in [7, 11) is 0. The smallest absolute Gasteiger partial charge is 0.0260 e. The number of aryl methyl sites for hydroxylation is 4. The van der Waals surface area contributed by atoms with Gasteiger partial charge in [0.25, 0.3) is 0 Å². The van der Waals surface area contributed by atoms with Crippen molar-refractivity contribution in [3.8, 4) is 55.6 Å². The van der Waals surface area contributed by atoms with Gasteiger partial charge in [-0.2, -0.15) is 0 Å². The molecular weight excluding hydrogens is 1360 g/mol. The van der Waals surface area contributed by atoms with E-state index in [9.17, 15) is 0 Å². The molecule has 0 spiro atoms. The van der Waals surface area contributed by atoms with Crippen LogP contribution in [0.1, 0.15) is 307 Å². The van der Waals surface area contributed by atoms with Crippen LogP contribution in [-0.4, -0.2) is 0 Å². The monoisotopic (exact) mass is 1490 g/mol. The van der Waals surface area contributed by atoms with Crippen LogP contribution in [0.5, 0.6) is 0 Å². The first-order valence-electron chi connectivity index (χ1n) is 42.1. The maximum Gasteiger partial charge on any atom is 0.0260 e. The van der Waals surface area contributed by atoms with Gasteiger partial charge in [-0.05, 0) is 197 Å². The van der Waals surface area contributed by atoms with E-state index < -0.39 is 0 Å². The maximum atomic E-state index is 4.43. The van der Waals surface area contributed by atoms with Crippen molar-refractivity contribution >= 4 is 74.9 Å². The molecule has 542 valence electrons. The average molecular weight is 1490 g/mol. The molecule has 0 amide bonds. The van der Waals surface area contributed by atoms with Gasteiger partial charge in [0, 0.05) is 8.95 Å². The van der Waals surface area contributed by atoms with E-state index in [-0.39, 0.29) is 0 Å². The molecule has 0 saturated heterocycles. The Morgan fingerprint density at radius 1 is 0.186 bits per heavy atom. The molecule has 10 rings (SSSR count). The normalized spacial score (nSPS) is 11.8. The second-order valence-electron chi connectivity index (χ2n) is 30.8. The lowest BCUT2D eigenvalue weighted by Gasteiger charge is -2.23. The van der Waals surface area contributed by atoms with Crippen LogP contribution in [0.3, 0.4) is 0 Å². The Morgan fingerprint density at radius 3 is 0.549 bits per heavy atom. The molecule has 0 aliphatic carbocycles. The van der Waals surface area contributed by atoms with Crippen molar-refractivity contribution in [3.63, 3.8) is 0 Å². The van der Waals surface area contributed by atoms with Crippen LogP contribution in [0.2, 0.25) is 0 Å². The van der Waals surface area contributed by atoms with E-state index in [1.807, 2.05) is 0 Å². The third-order valence-corrected chi connectivity index (χ3v) is 24.1. The first-order valence-corrected chi connectivity index (χ1v) is 43.7. The van der Waals surface area contributed by atoms with Crippen molar-refractivity contribution < 1.29 is 0 Å². The van der Waals surface area contributed by atoms with Crippen molar-refractivity contribution in [3.05, 3.63) is 201 Å². The van der Waals surface area contributed by atoms with E-state index in [0.717, 1.165) is 34.6 Å². The first-order chi connectivity index (χ1) is 50.4. The van der Waals surface area contributed by atoms with Crippen LogP contribution < -0.4 is 0 Å².